The van der Waals surface area contributed by atoms with Crippen molar-refractivity contribution in [3.05, 3.63) is 0 Å². The van der Waals surface area contributed by atoms with Gasteiger partial charge in [0.05, 0.1) is 18.3 Å². The Morgan fingerprint density at radius 2 is 1.42 bits per heavy atom. The highest BCUT2D eigenvalue weighted by molar-refractivity contribution is 4.67. The molecular formula is C9H20O3. The van der Waals surface area contributed by atoms with Gasteiger partial charge in [-0.2, -0.15) is 0 Å². The van der Waals surface area contributed by atoms with Gasteiger partial charge in [0.15, 0.2) is 0 Å². The fraction of sp³-hybridized carbons (Fsp3) is 1.00. The lowest BCUT2D eigenvalue weighted by Gasteiger charge is -2.17. The highest BCUT2D eigenvalue weighted by atomic mass is 16.3. The summed E-state index contributed by atoms with van der Waals surface area (Å²) in [5.41, 5.74) is 0. The van der Waals surface area contributed by atoms with Gasteiger partial charge in [-0.15, -0.1) is 0 Å². The lowest BCUT2D eigenvalue weighted by molar-refractivity contribution is 0.00226. The lowest BCUT2D eigenvalue weighted by atomic mass is 10.0. The van der Waals surface area contributed by atoms with Gasteiger partial charge in [-0.05, 0) is 26.2 Å². The second-order valence-corrected chi connectivity index (χ2v) is 3.35. The van der Waals surface area contributed by atoms with Crippen molar-refractivity contribution in [1.29, 1.82) is 0 Å². The van der Waals surface area contributed by atoms with Crippen molar-refractivity contribution in [1.82, 2.24) is 0 Å². The molecule has 0 heterocycles. The topological polar surface area (TPSA) is 60.7 Å². The van der Waals surface area contributed by atoms with Crippen LogP contribution in [-0.4, -0.2) is 33.6 Å². The molecule has 0 aliphatic rings. The van der Waals surface area contributed by atoms with E-state index < -0.39 is 18.3 Å². The van der Waals surface area contributed by atoms with E-state index in [-0.39, 0.29) is 0 Å². The molecule has 0 saturated carbocycles. The second kappa shape index (κ2) is 6.40. The minimum absolute atomic E-state index is 0.395. The second-order valence-electron chi connectivity index (χ2n) is 3.35. The number of rotatable bonds is 6. The molecule has 0 aromatic heterocycles. The summed E-state index contributed by atoms with van der Waals surface area (Å²) in [5.74, 6) is 0. The Morgan fingerprint density at radius 3 is 1.83 bits per heavy atom. The van der Waals surface area contributed by atoms with Gasteiger partial charge in [0, 0.05) is 0 Å². The standard InChI is InChI=1S/C9H20O3/c1-3-4-8(11)9(12)6-5-7(2)10/h7-12H,3-6H2,1-2H3. The van der Waals surface area contributed by atoms with Crippen LogP contribution in [0.3, 0.4) is 0 Å². The van der Waals surface area contributed by atoms with Gasteiger partial charge in [-0.25, -0.2) is 0 Å². The SMILES string of the molecule is CCCC(O)C(O)CCC(C)O. The van der Waals surface area contributed by atoms with Gasteiger partial charge < -0.3 is 15.3 Å². The maximum Gasteiger partial charge on any atom is 0.0800 e. The number of aliphatic hydroxyl groups is 3. The Bertz CT molecular complexity index is 104. The molecule has 0 aliphatic carbocycles. The van der Waals surface area contributed by atoms with Crippen LogP contribution < -0.4 is 0 Å². The lowest BCUT2D eigenvalue weighted by Crippen LogP contribution is -2.26. The normalized spacial score (nSPS) is 18.8. The van der Waals surface area contributed by atoms with E-state index in [1.165, 1.54) is 0 Å². The molecule has 0 spiro atoms. The summed E-state index contributed by atoms with van der Waals surface area (Å²) in [6.07, 6.45) is 0.802. The summed E-state index contributed by atoms with van der Waals surface area (Å²) < 4.78 is 0. The highest BCUT2D eigenvalue weighted by Crippen LogP contribution is 2.09. The van der Waals surface area contributed by atoms with Crippen LogP contribution in [0, 0.1) is 0 Å². The van der Waals surface area contributed by atoms with Crippen molar-refractivity contribution in [2.24, 2.45) is 0 Å². The third-order valence-corrected chi connectivity index (χ3v) is 1.91. The summed E-state index contributed by atoms with van der Waals surface area (Å²) in [4.78, 5) is 0. The molecule has 0 rings (SSSR count). The Kier molecular flexibility index (Phi) is 6.34. The van der Waals surface area contributed by atoms with Gasteiger partial charge in [-0.3, -0.25) is 0 Å². The Hall–Kier alpha value is -0.120. The molecule has 0 fully saturated rings. The highest BCUT2D eigenvalue weighted by Gasteiger charge is 2.15. The van der Waals surface area contributed by atoms with Gasteiger partial charge in [0.2, 0.25) is 0 Å². The quantitative estimate of drug-likeness (QED) is 0.557. The molecule has 3 heteroatoms. The minimum atomic E-state index is -0.681. The summed E-state index contributed by atoms with van der Waals surface area (Å²) in [6, 6.07) is 0. The van der Waals surface area contributed by atoms with Crippen LogP contribution in [0.4, 0.5) is 0 Å². The smallest absolute Gasteiger partial charge is 0.0800 e. The average Bonchev–Trinajstić information content (AvgIpc) is 2.00. The van der Waals surface area contributed by atoms with Crippen LogP contribution >= 0.6 is 0 Å². The zero-order valence-corrected chi connectivity index (χ0v) is 7.90. The Balaban J connectivity index is 3.49. The maximum absolute atomic E-state index is 9.34. The van der Waals surface area contributed by atoms with Gasteiger partial charge in [0.25, 0.3) is 0 Å². The van der Waals surface area contributed by atoms with E-state index in [0.717, 1.165) is 6.42 Å². The Morgan fingerprint density at radius 1 is 0.917 bits per heavy atom. The van der Waals surface area contributed by atoms with Crippen LogP contribution in [0.25, 0.3) is 0 Å². The van der Waals surface area contributed by atoms with E-state index in [9.17, 15) is 10.2 Å². The molecule has 3 nitrogen and oxygen atoms in total. The molecule has 0 amide bonds. The fourth-order valence-corrected chi connectivity index (χ4v) is 1.09. The first-order valence-corrected chi connectivity index (χ1v) is 4.62. The third-order valence-electron chi connectivity index (χ3n) is 1.91. The third kappa shape index (κ3) is 5.52. The molecule has 0 radical (unpaired) electrons. The summed E-state index contributed by atoms with van der Waals surface area (Å²) in [5, 5.41) is 27.6. The molecular weight excluding hydrogens is 156 g/mol. The monoisotopic (exact) mass is 176 g/mol. The van der Waals surface area contributed by atoms with Crippen LogP contribution in [0.2, 0.25) is 0 Å². The number of hydrogen-bond acceptors (Lipinski definition) is 3. The summed E-state index contributed by atoms with van der Waals surface area (Å²) >= 11 is 0. The Labute approximate surface area is 74.0 Å². The molecule has 0 saturated heterocycles. The van der Waals surface area contributed by atoms with Crippen molar-refractivity contribution >= 4 is 0 Å². The van der Waals surface area contributed by atoms with Crippen molar-refractivity contribution in [2.45, 2.75) is 57.8 Å². The van der Waals surface area contributed by atoms with E-state index in [0.29, 0.717) is 19.3 Å². The number of hydrogen-bond donors (Lipinski definition) is 3. The zero-order chi connectivity index (χ0) is 9.56. The first kappa shape index (κ1) is 11.9. The maximum atomic E-state index is 9.34. The molecule has 0 aromatic rings. The molecule has 0 aliphatic heterocycles. The van der Waals surface area contributed by atoms with E-state index in [1.807, 2.05) is 6.92 Å². The predicted molar refractivity (Wildman–Crippen MR) is 47.8 cm³/mol. The molecule has 3 N–H and O–H groups in total. The van der Waals surface area contributed by atoms with Crippen molar-refractivity contribution in [2.75, 3.05) is 0 Å². The first-order chi connectivity index (χ1) is 5.57. The van der Waals surface area contributed by atoms with Gasteiger partial charge >= 0.3 is 0 Å². The first-order valence-electron chi connectivity index (χ1n) is 4.62. The van der Waals surface area contributed by atoms with E-state index >= 15 is 0 Å². The summed E-state index contributed by atoms with van der Waals surface area (Å²) in [6.45, 7) is 3.64. The molecule has 0 aromatic carbocycles. The van der Waals surface area contributed by atoms with Crippen molar-refractivity contribution in [3.63, 3.8) is 0 Å². The molecule has 3 atom stereocenters. The summed E-state index contributed by atoms with van der Waals surface area (Å²) in [7, 11) is 0. The van der Waals surface area contributed by atoms with Crippen LogP contribution in [0.15, 0.2) is 0 Å². The van der Waals surface area contributed by atoms with E-state index in [2.05, 4.69) is 0 Å². The number of aliphatic hydroxyl groups excluding tert-OH is 3. The van der Waals surface area contributed by atoms with Crippen LogP contribution in [0.5, 0.6) is 0 Å². The minimum Gasteiger partial charge on any atom is -0.393 e. The predicted octanol–water partition coefficient (Wildman–Crippen LogP) is 0.669. The largest absolute Gasteiger partial charge is 0.393 e. The van der Waals surface area contributed by atoms with E-state index in [4.69, 9.17) is 5.11 Å². The van der Waals surface area contributed by atoms with Crippen molar-refractivity contribution < 1.29 is 15.3 Å². The fourth-order valence-electron chi connectivity index (χ4n) is 1.09. The molecule has 0 bridgehead atoms. The van der Waals surface area contributed by atoms with Gasteiger partial charge in [-0.1, -0.05) is 13.3 Å². The van der Waals surface area contributed by atoms with Gasteiger partial charge in [0.1, 0.15) is 0 Å². The molecule has 12 heavy (non-hydrogen) atoms. The van der Waals surface area contributed by atoms with Crippen LogP contribution in [-0.2, 0) is 0 Å². The van der Waals surface area contributed by atoms with Crippen LogP contribution in [0.1, 0.15) is 39.5 Å². The molecule has 3 unspecified atom stereocenters. The molecule has 74 valence electrons. The zero-order valence-electron chi connectivity index (χ0n) is 7.90. The van der Waals surface area contributed by atoms with Crippen molar-refractivity contribution in [3.8, 4) is 0 Å². The van der Waals surface area contributed by atoms with E-state index in [1.54, 1.807) is 6.92 Å². The average molecular weight is 176 g/mol.